The highest BCUT2D eigenvalue weighted by atomic mass is 79.9. The number of nitrogens with one attached hydrogen (secondary N) is 1. The Hall–Kier alpha value is -1.39. The number of amides is 1. The highest BCUT2D eigenvalue weighted by Gasteiger charge is 2.24. The van der Waals surface area contributed by atoms with Crippen LogP contribution < -0.4 is 5.32 Å². The summed E-state index contributed by atoms with van der Waals surface area (Å²) in [6.07, 6.45) is 2.39. The summed E-state index contributed by atoms with van der Waals surface area (Å²) in [5, 5.41) is 3.21. The lowest BCUT2D eigenvalue weighted by molar-refractivity contribution is 0.0934. The number of benzene rings is 1. The number of rotatable bonds is 5. The van der Waals surface area contributed by atoms with Crippen molar-refractivity contribution < 1.29 is 4.79 Å². The van der Waals surface area contributed by atoms with Crippen molar-refractivity contribution in [2.45, 2.75) is 38.6 Å². The van der Waals surface area contributed by atoms with E-state index in [1.165, 1.54) is 5.56 Å². The minimum atomic E-state index is -0.208. The number of pyridine rings is 1. The van der Waals surface area contributed by atoms with Gasteiger partial charge in [-0.3, -0.25) is 4.79 Å². The van der Waals surface area contributed by atoms with Crippen molar-refractivity contribution in [1.82, 2.24) is 10.3 Å². The van der Waals surface area contributed by atoms with E-state index in [9.17, 15) is 4.79 Å². The monoisotopic (exact) mass is 394 g/mol. The van der Waals surface area contributed by atoms with Crippen LogP contribution in [0.15, 0.2) is 47.1 Å². The van der Waals surface area contributed by atoms with Crippen LogP contribution in [0.2, 0.25) is 5.15 Å². The SMILES string of the molecule is C[C@H](CC(C)(C)c1ccccc1)NC(=O)c1cc(Br)cnc1Cl. The van der Waals surface area contributed by atoms with E-state index in [0.717, 1.165) is 10.9 Å². The Morgan fingerprint density at radius 3 is 2.65 bits per heavy atom. The molecule has 0 unspecified atom stereocenters. The molecular weight excluding hydrogens is 376 g/mol. The molecule has 0 saturated heterocycles. The molecule has 1 amide bonds. The Bertz CT molecular complexity index is 689. The zero-order valence-corrected chi connectivity index (χ0v) is 15.8. The maximum absolute atomic E-state index is 12.4. The lowest BCUT2D eigenvalue weighted by Crippen LogP contribution is -2.37. The molecule has 1 atom stereocenters. The Morgan fingerprint density at radius 2 is 2.00 bits per heavy atom. The van der Waals surface area contributed by atoms with Gasteiger partial charge in [-0.1, -0.05) is 55.8 Å². The van der Waals surface area contributed by atoms with Crippen molar-refractivity contribution in [2.75, 3.05) is 0 Å². The molecule has 0 bridgehead atoms. The summed E-state index contributed by atoms with van der Waals surface area (Å²) in [4.78, 5) is 16.4. The largest absolute Gasteiger partial charge is 0.349 e. The summed E-state index contributed by atoms with van der Waals surface area (Å²) >= 11 is 9.32. The van der Waals surface area contributed by atoms with E-state index in [0.29, 0.717) is 5.56 Å². The van der Waals surface area contributed by atoms with Gasteiger partial charge in [-0.25, -0.2) is 4.98 Å². The van der Waals surface area contributed by atoms with Crippen LogP contribution in [0, 0.1) is 0 Å². The van der Waals surface area contributed by atoms with E-state index in [1.54, 1.807) is 12.3 Å². The van der Waals surface area contributed by atoms with Crippen molar-refractivity contribution in [3.8, 4) is 0 Å². The molecule has 0 saturated carbocycles. The second kappa shape index (κ2) is 7.45. The van der Waals surface area contributed by atoms with Crippen molar-refractivity contribution in [2.24, 2.45) is 0 Å². The van der Waals surface area contributed by atoms with E-state index < -0.39 is 0 Å². The third-order valence-electron chi connectivity index (χ3n) is 3.80. The fourth-order valence-electron chi connectivity index (χ4n) is 2.71. The highest BCUT2D eigenvalue weighted by molar-refractivity contribution is 9.10. The van der Waals surface area contributed by atoms with Gasteiger partial charge >= 0.3 is 0 Å². The summed E-state index contributed by atoms with van der Waals surface area (Å²) in [5.74, 6) is -0.208. The topological polar surface area (TPSA) is 42.0 Å². The average molecular weight is 396 g/mol. The molecule has 1 aromatic heterocycles. The number of carbonyl (C=O) groups is 1. The van der Waals surface area contributed by atoms with Gasteiger partial charge in [-0.05, 0) is 46.3 Å². The fraction of sp³-hybridized carbons (Fsp3) is 0.333. The lowest BCUT2D eigenvalue weighted by Gasteiger charge is -2.29. The first-order valence-electron chi connectivity index (χ1n) is 7.47. The normalized spacial score (nSPS) is 12.7. The molecule has 0 spiro atoms. The van der Waals surface area contributed by atoms with E-state index >= 15 is 0 Å². The number of carbonyl (C=O) groups excluding carboxylic acids is 1. The Balaban J connectivity index is 2.06. The maximum Gasteiger partial charge on any atom is 0.254 e. The van der Waals surface area contributed by atoms with Crippen molar-refractivity contribution in [1.29, 1.82) is 0 Å². The molecule has 5 heteroatoms. The second-order valence-electron chi connectivity index (χ2n) is 6.32. The van der Waals surface area contributed by atoms with Gasteiger partial charge in [0.2, 0.25) is 0 Å². The van der Waals surface area contributed by atoms with Gasteiger partial charge in [0.05, 0.1) is 5.56 Å². The van der Waals surface area contributed by atoms with Crippen molar-refractivity contribution in [3.63, 3.8) is 0 Å². The summed E-state index contributed by atoms with van der Waals surface area (Å²) in [5.41, 5.74) is 1.60. The van der Waals surface area contributed by atoms with Crippen LogP contribution in [-0.2, 0) is 5.41 Å². The number of halogens is 2. The number of nitrogens with zero attached hydrogens (tertiary/aromatic N) is 1. The second-order valence-corrected chi connectivity index (χ2v) is 7.59. The van der Waals surface area contributed by atoms with Gasteiger partial charge in [0.25, 0.3) is 5.91 Å². The number of hydrogen-bond donors (Lipinski definition) is 1. The van der Waals surface area contributed by atoms with E-state index in [4.69, 9.17) is 11.6 Å². The van der Waals surface area contributed by atoms with Gasteiger partial charge in [-0.2, -0.15) is 0 Å². The molecule has 3 nitrogen and oxygen atoms in total. The van der Waals surface area contributed by atoms with Gasteiger partial charge < -0.3 is 5.32 Å². The molecule has 2 rings (SSSR count). The molecule has 122 valence electrons. The predicted octanol–water partition coefficient (Wildman–Crippen LogP) is 4.98. The molecule has 1 heterocycles. The molecule has 0 aliphatic heterocycles. The van der Waals surface area contributed by atoms with Crippen molar-refractivity contribution in [3.05, 3.63) is 63.3 Å². The maximum atomic E-state index is 12.4. The molecular formula is C18H20BrClN2O. The van der Waals surface area contributed by atoms with Crippen LogP contribution in [0.25, 0.3) is 0 Å². The van der Waals surface area contributed by atoms with E-state index in [2.05, 4.69) is 52.2 Å². The van der Waals surface area contributed by atoms with E-state index in [1.807, 2.05) is 25.1 Å². The Labute approximate surface area is 150 Å². The quantitative estimate of drug-likeness (QED) is 0.725. The van der Waals surface area contributed by atoms with Crippen LogP contribution in [0.5, 0.6) is 0 Å². The first-order chi connectivity index (χ1) is 10.8. The highest BCUT2D eigenvalue weighted by Crippen LogP contribution is 2.28. The summed E-state index contributed by atoms with van der Waals surface area (Å²) < 4.78 is 0.726. The van der Waals surface area contributed by atoms with Crippen molar-refractivity contribution >= 4 is 33.4 Å². The summed E-state index contributed by atoms with van der Waals surface area (Å²) in [7, 11) is 0. The molecule has 23 heavy (non-hydrogen) atoms. The lowest BCUT2D eigenvalue weighted by atomic mass is 9.79. The van der Waals surface area contributed by atoms with Crippen LogP contribution in [-0.4, -0.2) is 16.9 Å². The molecule has 0 radical (unpaired) electrons. The smallest absolute Gasteiger partial charge is 0.254 e. The van der Waals surface area contributed by atoms with Gasteiger partial charge in [0.1, 0.15) is 5.15 Å². The third-order valence-corrected chi connectivity index (χ3v) is 4.53. The zero-order chi connectivity index (χ0) is 17.0. The van der Waals surface area contributed by atoms with Crippen LogP contribution in [0.3, 0.4) is 0 Å². The molecule has 0 fully saturated rings. The summed E-state index contributed by atoms with van der Waals surface area (Å²) in [6, 6.07) is 12.0. The first kappa shape index (κ1) is 18.0. The molecule has 0 aliphatic carbocycles. The first-order valence-corrected chi connectivity index (χ1v) is 8.64. The van der Waals surface area contributed by atoms with Gasteiger partial charge in [-0.15, -0.1) is 0 Å². The van der Waals surface area contributed by atoms with Crippen LogP contribution in [0.4, 0.5) is 0 Å². The number of aromatic nitrogens is 1. The average Bonchev–Trinajstić information content (AvgIpc) is 2.50. The summed E-state index contributed by atoms with van der Waals surface area (Å²) in [6.45, 7) is 6.36. The molecule has 2 aromatic rings. The molecule has 1 N–H and O–H groups in total. The van der Waals surface area contributed by atoms with Crippen LogP contribution in [0.1, 0.15) is 43.1 Å². The minimum absolute atomic E-state index is 0.00718. The standard InChI is InChI=1S/C18H20BrClN2O/c1-12(10-18(2,3)13-7-5-4-6-8-13)22-17(23)15-9-14(19)11-21-16(15)20/h4-9,11-12H,10H2,1-3H3,(H,22,23)/t12-/m1/s1. The fourth-order valence-corrected chi connectivity index (χ4v) is 3.23. The van der Waals surface area contributed by atoms with Gasteiger partial charge in [0.15, 0.2) is 0 Å². The number of hydrogen-bond acceptors (Lipinski definition) is 2. The third kappa shape index (κ3) is 4.79. The van der Waals surface area contributed by atoms with Gasteiger partial charge in [0, 0.05) is 16.7 Å². The Kier molecular flexibility index (Phi) is 5.82. The Morgan fingerprint density at radius 1 is 1.35 bits per heavy atom. The molecule has 0 aliphatic rings. The van der Waals surface area contributed by atoms with Crippen LogP contribution >= 0.6 is 27.5 Å². The van der Waals surface area contributed by atoms with E-state index in [-0.39, 0.29) is 22.5 Å². The zero-order valence-electron chi connectivity index (χ0n) is 13.4. The predicted molar refractivity (Wildman–Crippen MR) is 98.0 cm³/mol. The minimum Gasteiger partial charge on any atom is -0.349 e. The molecule has 1 aromatic carbocycles.